The molecule has 0 radical (unpaired) electrons. The van der Waals surface area contributed by atoms with E-state index in [0.29, 0.717) is 0 Å². The van der Waals surface area contributed by atoms with Crippen LogP contribution >= 0.6 is 45.2 Å². The molecule has 0 fully saturated rings. The molecular formula is C8H10I2Si. The fourth-order valence-corrected chi connectivity index (χ4v) is 2.70. The number of hydrogen-bond donors (Lipinski definition) is 0. The highest BCUT2D eigenvalue weighted by molar-refractivity contribution is 14.1. The molecule has 60 valence electrons. The van der Waals surface area contributed by atoms with Crippen molar-refractivity contribution in [3.8, 4) is 0 Å². The van der Waals surface area contributed by atoms with Gasteiger partial charge in [-0.25, -0.2) is 0 Å². The Morgan fingerprint density at radius 2 is 2.00 bits per heavy atom. The maximum Gasteiger partial charge on any atom is 0.0162 e. The van der Waals surface area contributed by atoms with Crippen LogP contribution in [0.2, 0.25) is 6.04 Å². The van der Waals surface area contributed by atoms with Crippen LogP contribution in [0.5, 0.6) is 0 Å². The first-order valence-electron chi connectivity index (χ1n) is 3.68. The second-order valence-corrected chi connectivity index (χ2v) is 5.89. The molecule has 0 saturated carbocycles. The number of rotatable bonds is 2. The summed E-state index contributed by atoms with van der Waals surface area (Å²) in [5.74, 6) is 0. The van der Waals surface area contributed by atoms with Gasteiger partial charge in [-0.3, -0.25) is 0 Å². The van der Waals surface area contributed by atoms with Gasteiger partial charge in [-0.15, -0.1) is 0 Å². The van der Waals surface area contributed by atoms with E-state index in [1.165, 1.54) is 35.4 Å². The van der Waals surface area contributed by atoms with Crippen molar-refractivity contribution in [1.29, 1.82) is 0 Å². The van der Waals surface area contributed by atoms with Gasteiger partial charge < -0.3 is 0 Å². The van der Waals surface area contributed by atoms with Crippen LogP contribution in [0.25, 0.3) is 0 Å². The zero-order valence-corrected chi connectivity index (χ0v) is 12.7. The minimum atomic E-state index is 1.27. The number of aryl methyl sites for hydroxylation is 1. The van der Waals surface area contributed by atoms with Crippen LogP contribution in [-0.2, 0) is 6.42 Å². The van der Waals surface area contributed by atoms with Gasteiger partial charge in [0.2, 0.25) is 0 Å². The summed E-state index contributed by atoms with van der Waals surface area (Å²) in [6, 6.07) is 8.03. The van der Waals surface area contributed by atoms with E-state index >= 15 is 0 Å². The normalized spacial score (nSPS) is 10.4. The predicted octanol–water partition coefficient (Wildman–Crippen LogP) is 2.22. The Bertz CT molecular complexity index is 248. The van der Waals surface area contributed by atoms with Crippen LogP contribution in [0.3, 0.4) is 0 Å². The number of hydrogen-bond acceptors (Lipinski definition) is 0. The monoisotopic (exact) mass is 388 g/mol. The molecule has 0 aliphatic carbocycles. The molecular weight excluding hydrogens is 378 g/mol. The van der Waals surface area contributed by atoms with Crippen molar-refractivity contribution in [1.82, 2.24) is 0 Å². The third kappa shape index (κ3) is 3.02. The van der Waals surface area contributed by atoms with Gasteiger partial charge in [0.15, 0.2) is 0 Å². The number of halogens is 2. The first-order chi connectivity index (χ1) is 5.24. The van der Waals surface area contributed by atoms with Crippen molar-refractivity contribution >= 4 is 55.4 Å². The lowest BCUT2D eigenvalue weighted by Crippen LogP contribution is -1.89. The van der Waals surface area contributed by atoms with Crippen molar-refractivity contribution in [2.24, 2.45) is 0 Å². The minimum absolute atomic E-state index is 1.27. The standard InChI is InChI=1S/C8H10I2Si/c9-7-1-2-8(10)6(5-7)3-4-11/h1-2,5H,3-4H2,11H3. The summed E-state index contributed by atoms with van der Waals surface area (Å²) in [5, 5.41) is 0. The average Bonchev–Trinajstić information content (AvgIpc) is 1.98. The third-order valence-electron chi connectivity index (χ3n) is 1.53. The van der Waals surface area contributed by atoms with Crippen LogP contribution < -0.4 is 0 Å². The third-order valence-corrected chi connectivity index (χ3v) is 3.75. The molecule has 1 rings (SSSR count). The molecule has 0 saturated heterocycles. The van der Waals surface area contributed by atoms with Crippen molar-refractivity contribution in [3.05, 3.63) is 30.9 Å². The Kier molecular flexibility index (Phi) is 4.36. The largest absolute Gasteiger partial charge is 0.0618 e. The van der Waals surface area contributed by atoms with Crippen molar-refractivity contribution in [2.45, 2.75) is 12.5 Å². The Hall–Kier alpha value is 0.897. The number of benzene rings is 1. The van der Waals surface area contributed by atoms with Gasteiger partial charge in [-0.05, 0) is 75.4 Å². The van der Waals surface area contributed by atoms with E-state index < -0.39 is 0 Å². The summed E-state index contributed by atoms with van der Waals surface area (Å²) in [6.07, 6.45) is 1.27. The molecule has 11 heavy (non-hydrogen) atoms. The Balaban J connectivity index is 2.93. The molecule has 3 heteroatoms. The molecule has 0 nitrogen and oxygen atoms in total. The predicted molar refractivity (Wildman–Crippen MR) is 70.3 cm³/mol. The van der Waals surface area contributed by atoms with E-state index in [-0.39, 0.29) is 0 Å². The second-order valence-electron chi connectivity index (χ2n) is 2.49. The van der Waals surface area contributed by atoms with Gasteiger partial charge in [0.1, 0.15) is 0 Å². The Morgan fingerprint density at radius 3 is 2.64 bits per heavy atom. The molecule has 0 bridgehead atoms. The summed E-state index contributed by atoms with van der Waals surface area (Å²) >= 11 is 4.78. The van der Waals surface area contributed by atoms with Crippen molar-refractivity contribution in [2.75, 3.05) is 0 Å². The molecule has 1 aromatic carbocycles. The highest BCUT2D eigenvalue weighted by atomic mass is 127. The van der Waals surface area contributed by atoms with Gasteiger partial charge in [0.05, 0.1) is 0 Å². The van der Waals surface area contributed by atoms with E-state index in [2.05, 4.69) is 63.4 Å². The van der Waals surface area contributed by atoms with Gasteiger partial charge in [-0.1, -0.05) is 6.04 Å². The van der Waals surface area contributed by atoms with Crippen LogP contribution in [0, 0.1) is 7.14 Å². The summed E-state index contributed by atoms with van der Waals surface area (Å²) < 4.78 is 2.77. The van der Waals surface area contributed by atoms with Crippen LogP contribution in [0.15, 0.2) is 18.2 Å². The molecule has 0 unspecified atom stereocenters. The summed E-state index contributed by atoms with van der Waals surface area (Å²) in [7, 11) is 1.31. The molecule has 0 aliphatic heterocycles. The zero-order chi connectivity index (χ0) is 8.27. The topological polar surface area (TPSA) is 0 Å². The quantitative estimate of drug-likeness (QED) is 0.539. The zero-order valence-electron chi connectivity index (χ0n) is 6.40. The maximum absolute atomic E-state index is 2.41. The van der Waals surface area contributed by atoms with Crippen molar-refractivity contribution in [3.63, 3.8) is 0 Å². The fraction of sp³-hybridized carbons (Fsp3) is 0.250. The Labute approximate surface area is 97.9 Å². The molecule has 1 aromatic rings. The fourth-order valence-electron chi connectivity index (χ4n) is 1.00. The lowest BCUT2D eigenvalue weighted by Gasteiger charge is -2.02. The highest BCUT2D eigenvalue weighted by Gasteiger charge is 1.97. The van der Waals surface area contributed by atoms with Crippen LogP contribution in [-0.4, -0.2) is 10.2 Å². The molecule has 0 N–H and O–H groups in total. The molecule has 0 amide bonds. The molecule has 0 aromatic heterocycles. The second kappa shape index (κ2) is 4.81. The van der Waals surface area contributed by atoms with E-state index in [9.17, 15) is 0 Å². The Morgan fingerprint density at radius 1 is 1.27 bits per heavy atom. The SMILES string of the molecule is [SiH3]CCc1cc(I)ccc1I. The maximum atomic E-state index is 2.41. The van der Waals surface area contributed by atoms with Gasteiger partial charge in [0, 0.05) is 17.4 Å². The van der Waals surface area contributed by atoms with E-state index in [1.54, 1.807) is 0 Å². The van der Waals surface area contributed by atoms with E-state index in [1.807, 2.05) is 0 Å². The molecule has 0 atom stereocenters. The first kappa shape index (κ1) is 9.98. The van der Waals surface area contributed by atoms with E-state index in [4.69, 9.17) is 0 Å². The summed E-state index contributed by atoms with van der Waals surface area (Å²) in [6.45, 7) is 0. The van der Waals surface area contributed by atoms with Gasteiger partial charge >= 0.3 is 0 Å². The van der Waals surface area contributed by atoms with Crippen LogP contribution in [0.4, 0.5) is 0 Å². The lowest BCUT2D eigenvalue weighted by atomic mass is 10.2. The summed E-state index contributed by atoms with van der Waals surface area (Å²) in [4.78, 5) is 0. The smallest absolute Gasteiger partial charge is 0.0162 e. The summed E-state index contributed by atoms with van der Waals surface area (Å²) in [5.41, 5.74) is 1.52. The molecule has 0 spiro atoms. The van der Waals surface area contributed by atoms with E-state index in [0.717, 1.165) is 0 Å². The van der Waals surface area contributed by atoms with Gasteiger partial charge in [0.25, 0.3) is 0 Å². The highest BCUT2D eigenvalue weighted by Crippen LogP contribution is 2.16. The molecule has 0 aliphatic rings. The average molecular weight is 388 g/mol. The molecule has 0 heterocycles. The minimum Gasteiger partial charge on any atom is -0.0618 e. The van der Waals surface area contributed by atoms with Crippen molar-refractivity contribution < 1.29 is 0 Å². The first-order valence-corrected chi connectivity index (χ1v) is 7.25. The van der Waals surface area contributed by atoms with Crippen LogP contribution in [0.1, 0.15) is 5.56 Å². The lowest BCUT2D eigenvalue weighted by molar-refractivity contribution is 1.12. The van der Waals surface area contributed by atoms with Gasteiger partial charge in [-0.2, -0.15) is 0 Å².